The number of hydrogen-bond donors (Lipinski definition) is 2. The van der Waals surface area contributed by atoms with Crippen molar-refractivity contribution >= 4 is 6.03 Å². The third kappa shape index (κ3) is 3.35. The molecule has 2 fully saturated rings. The summed E-state index contributed by atoms with van der Waals surface area (Å²) in [6.07, 6.45) is 3.54. The molecular formula is C18H26N2O3. The van der Waals surface area contributed by atoms with Crippen LogP contribution in [0, 0.1) is 0 Å². The minimum atomic E-state index is -0.332. The van der Waals surface area contributed by atoms with Crippen molar-refractivity contribution in [3.8, 4) is 0 Å². The first-order valence-corrected chi connectivity index (χ1v) is 8.46. The normalized spacial score (nSPS) is 30.1. The Morgan fingerprint density at radius 1 is 1.39 bits per heavy atom. The van der Waals surface area contributed by atoms with Crippen LogP contribution in [0.3, 0.4) is 0 Å². The topological polar surface area (TPSA) is 61.8 Å². The summed E-state index contributed by atoms with van der Waals surface area (Å²) in [5.74, 6) is 0. The molecular weight excluding hydrogens is 292 g/mol. The molecule has 0 bridgehead atoms. The van der Waals surface area contributed by atoms with E-state index in [2.05, 4.69) is 17.4 Å². The highest BCUT2D eigenvalue weighted by molar-refractivity contribution is 5.75. The van der Waals surface area contributed by atoms with Crippen molar-refractivity contribution in [1.29, 1.82) is 0 Å². The Bertz CT molecular complexity index is 536. The minimum Gasteiger partial charge on any atom is -0.393 e. The number of methoxy groups -OCH3 is 1. The lowest BCUT2D eigenvalue weighted by atomic mass is 9.79. The third-order valence-electron chi connectivity index (χ3n) is 5.36. The summed E-state index contributed by atoms with van der Waals surface area (Å²) in [5, 5.41) is 13.0. The van der Waals surface area contributed by atoms with Gasteiger partial charge in [-0.05, 0) is 37.7 Å². The van der Waals surface area contributed by atoms with Crippen molar-refractivity contribution < 1.29 is 14.6 Å². The summed E-state index contributed by atoms with van der Waals surface area (Å²) in [6, 6.07) is 10.1. The van der Waals surface area contributed by atoms with Gasteiger partial charge in [-0.2, -0.15) is 0 Å². The number of urea groups is 1. The van der Waals surface area contributed by atoms with E-state index in [4.69, 9.17) is 4.74 Å². The van der Waals surface area contributed by atoms with E-state index in [-0.39, 0.29) is 23.8 Å². The lowest BCUT2D eigenvalue weighted by Gasteiger charge is -2.42. The maximum absolute atomic E-state index is 12.5. The summed E-state index contributed by atoms with van der Waals surface area (Å²) in [7, 11) is 1.72. The van der Waals surface area contributed by atoms with Crippen molar-refractivity contribution in [3.63, 3.8) is 0 Å². The van der Waals surface area contributed by atoms with E-state index in [0.29, 0.717) is 19.5 Å². The quantitative estimate of drug-likeness (QED) is 0.892. The Morgan fingerprint density at radius 3 is 2.91 bits per heavy atom. The summed E-state index contributed by atoms with van der Waals surface area (Å²) >= 11 is 0. The first kappa shape index (κ1) is 16.3. The first-order chi connectivity index (χ1) is 11.1. The maximum atomic E-state index is 12.5. The van der Waals surface area contributed by atoms with E-state index in [1.165, 1.54) is 5.56 Å². The van der Waals surface area contributed by atoms with Crippen molar-refractivity contribution in [2.24, 2.45) is 0 Å². The van der Waals surface area contributed by atoms with Gasteiger partial charge in [0, 0.05) is 20.2 Å². The van der Waals surface area contributed by atoms with E-state index in [9.17, 15) is 9.90 Å². The molecule has 1 aliphatic heterocycles. The van der Waals surface area contributed by atoms with Crippen molar-refractivity contribution in [3.05, 3.63) is 35.9 Å². The molecule has 1 saturated heterocycles. The first-order valence-electron chi connectivity index (χ1n) is 8.46. The highest BCUT2D eigenvalue weighted by Crippen LogP contribution is 2.42. The van der Waals surface area contributed by atoms with Crippen LogP contribution in [0.25, 0.3) is 0 Å². The number of benzene rings is 1. The second kappa shape index (κ2) is 6.89. The van der Waals surface area contributed by atoms with Gasteiger partial charge in [-0.25, -0.2) is 4.79 Å². The number of ether oxygens (including phenoxy) is 1. The molecule has 23 heavy (non-hydrogen) atoms. The second-order valence-corrected chi connectivity index (χ2v) is 6.62. The highest BCUT2D eigenvalue weighted by atomic mass is 16.5. The van der Waals surface area contributed by atoms with Gasteiger partial charge < -0.3 is 20.1 Å². The average Bonchev–Trinajstić information content (AvgIpc) is 2.95. The lowest BCUT2D eigenvalue weighted by Crippen LogP contribution is -2.54. The number of nitrogens with one attached hydrogen (secondary N) is 1. The molecule has 1 heterocycles. The summed E-state index contributed by atoms with van der Waals surface area (Å²) in [6.45, 7) is 1.32. The Hall–Kier alpha value is -1.59. The molecule has 2 amide bonds. The van der Waals surface area contributed by atoms with Gasteiger partial charge in [0.2, 0.25) is 0 Å². The molecule has 2 N–H and O–H groups in total. The van der Waals surface area contributed by atoms with Crippen LogP contribution in [0.2, 0.25) is 0 Å². The number of amides is 2. The van der Waals surface area contributed by atoms with Gasteiger partial charge in [0.05, 0.1) is 17.7 Å². The Labute approximate surface area is 137 Å². The van der Waals surface area contributed by atoms with E-state index >= 15 is 0 Å². The molecule has 1 aliphatic carbocycles. The van der Waals surface area contributed by atoms with Gasteiger partial charge in [-0.1, -0.05) is 30.3 Å². The molecule has 1 saturated carbocycles. The van der Waals surface area contributed by atoms with Crippen molar-refractivity contribution in [2.45, 2.75) is 49.9 Å². The van der Waals surface area contributed by atoms with Gasteiger partial charge in [-0.3, -0.25) is 0 Å². The number of carbonyl (C=O) groups excluding carboxylic acids is 1. The van der Waals surface area contributed by atoms with Gasteiger partial charge in [-0.15, -0.1) is 0 Å². The van der Waals surface area contributed by atoms with E-state index in [1.54, 1.807) is 7.11 Å². The molecule has 0 radical (unpaired) electrons. The zero-order valence-electron chi connectivity index (χ0n) is 13.7. The number of aliphatic hydroxyl groups is 1. The molecule has 126 valence electrons. The molecule has 5 heteroatoms. The fraction of sp³-hybridized carbons (Fsp3) is 0.611. The predicted octanol–water partition coefficient (Wildman–Crippen LogP) is 1.94. The number of rotatable bonds is 4. The van der Waals surface area contributed by atoms with Gasteiger partial charge >= 0.3 is 6.03 Å². The van der Waals surface area contributed by atoms with Gasteiger partial charge in [0.1, 0.15) is 0 Å². The number of likely N-dealkylation sites (tertiary alicyclic amines) is 1. The molecule has 1 aromatic rings. The van der Waals surface area contributed by atoms with Crippen LogP contribution in [-0.4, -0.2) is 54.0 Å². The molecule has 2 aliphatic rings. The number of carbonyl (C=O) groups is 1. The van der Waals surface area contributed by atoms with Crippen LogP contribution in [0.15, 0.2) is 30.3 Å². The zero-order chi connectivity index (χ0) is 16.3. The molecule has 0 unspecified atom stereocenters. The van der Waals surface area contributed by atoms with Crippen molar-refractivity contribution in [1.82, 2.24) is 10.2 Å². The molecule has 1 aromatic carbocycles. The number of fused-ring (bicyclic) bond motifs is 1. The van der Waals surface area contributed by atoms with E-state index in [0.717, 1.165) is 25.7 Å². The lowest BCUT2D eigenvalue weighted by molar-refractivity contribution is -0.0812. The van der Waals surface area contributed by atoms with E-state index < -0.39 is 0 Å². The average molecular weight is 318 g/mol. The predicted molar refractivity (Wildman–Crippen MR) is 88.3 cm³/mol. The molecule has 0 aromatic heterocycles. The molecule has 3 atom stereocenters. The zero-order valence-corrected chi connectivity index (χ0v) is 13.7. The van der Waals surface area contributed by atoms with Crippen LogP contribution in [0.5, 0.6) is 0 Å². The largest absolute Gasteiger partial charge is 0.393 e. The highest BCUT2D eigenvalue weighted by Gasteiger charge is 2.52. The Balaban J connectivity index is 1.57. The van der Waals surface area contributed by atoms with Crippen LogP contribution in [0.4, 0.5) is 4.79 Å². The van der Waals surface area contributed by atoms with Gasteiger partial charge in [0.25, 0.3) is 0 Å². The molecule has 0 spiro atoms. The Morgan fingerprint density at radius 2 is 2.17 bits per heavy atom. The summed E-state index contributed by atoms with van der Waals surface area (Å²) in [5.41, 5.74) is 0.948. The standard InChI is InChI=1S/C18H26N2O3/c1-23-18-9-7-15(21)13-16(18)20(12-10-18)17(22)19-11-8-14-5-3-2-4-6-14/h2-6,15-16,21H,7-13H2,1H3,(H,19,22)/t15-,16+,18-/m1/s1. The maximum Gasteiger partial charge on any atom is 0.317 e. The monoisotopic (exact) mass is 318 g/mol. The van der Waals surface area contributed by atoms with Crippen molar-refractivity contribution in [2.75, 3.05) is 20.2 Å². The van der Waals surface area contributed by atoms with Crippen LogP contribution < -0.4 is 5.32 Å². The van der Waals surface area contributed by atoms with Gasteiger partial charge in [0.15, 0.2) is 0 Å². The number of nitrogens with zero attached hydrogens (tertiary/aromatic N) is 1. The van der Waals surface area contributed by atoms with Crippen LogP contribution in [0.1, 0.15) is 31.2 Å². The van der Waals surface area contributed by atoms with E-state index in [1.807, 2.05) is 23.1 Å². The Kier molecular flexibility index (Phi) is 4.87. The molecule has 3 rings (SSSR count). The van der Waals surface area contributed by atoms with Crippen LogP contribution in [-0.2, 0) is 11.2 Å². The summed E-state index contributed by atoms with van der Waals surface area (Å²) in [4.78, 5) is 14.4. The SMILES string of the molecule is CO[C@@]12CC[C@@H](O)C[C@@H]1N(C(=O)NCCc1ccccc1)CC2. The molecule has 5 nitrogen and oxygen atoms in total. The second-order valence-electron chi connectivity index (χ2n) is 6.62. The minimum absolute atomic E-state index is 0.0204. The van der Waals surface area contributed by atoms with Crippen LogP contribution >= 0.6 is 0 Å². The third-order valence-corrected chi connectivity index (χ3v) is 5.36. The fourth-order valence-corrected chi connectivity index (χ4v) is 3.98. The fourth-order valence-electron chi connectivity index (χ4n) is 3.98. The smallest absolute Gasteiger partial charge is 0.317 e. The number of aliphatic hydroxyl groups excluding tert-OH is 1. The summed E-state index contributed by atoms with van der Waals surface area (Å²) < 4.78 is 5.77. The number of hydrogen-bond acceptors (Lipinski definition) is 3.